The second-order valence-electron chi connectivity index (χ2n) is 4.36. The molecule has 0 radical (unpaired) electrons. The molecule has 1 amide bonds. The molecule has 25 heavy (non-hydrogen) atoms. The van der Waals surface area contributed by atoms with Crippen LogP contribution in [0.4, 0.5) is 15.3 Å². The molecule has 0 fully saturated rings. The van der Waals surface area contributed by atoms with Crippen molar-refractivity contribution >= 4 is 61.3 Å². The standard InChI is InChI=1S/C12H16ClN3O3S2.CHClO2/c1-2-3-6-15(12(13)17)7-8-20-21-11-5-4-10(9-14-11)16(18)19;2-1(3)4/h4-5,9H,2-3,6-8H2,1H3;(H,3,4). The maximum absolute atomic E-state index is 11.2. The van der Waals surface area contributed by atoms with E-state index < -0.39 is 15.7 Å². The fourth-order valence-corrected chi connectivity index (χ4v) is 3.43. The zero-order valence-electron chi connectivity index (χ0n) is 13.3. The number of nitrogens with zero attached hydrogens (tertiary/aromatic N) is 3. The highest BCUT2D eigenvalue weighted by Gasteiger charge is 2.10. The highest BCUT2D eigenvalue weighted by atomic mass is 35.5. The number of aromatic nitrogens is 1. The summed E-state index contributed by atoms with van der Waals surface area (Å²) >= 11 is 9.71. The normalized spacial score (nSPS) is 9.72. The molecule has 0 bridgehead atoms. The fraction of sp³-hybridized carbons (Fsp3) is 0.462. The van der Waals surface area contributed by atoms with Crippen molar-refractivity contribution in [3.8, 4) is 0 Å². The number of carbonyl (C=O) groups is 2. The molecule has 1 aromatic rings. The second kappa shape index (κ2) is 14.0. The third-order valence-corrected chi connectivity index (χ3v) is 5.03. The SMILES string of the molecule is CCCCN(CCSSc1ccc([N+](=O)[O-])cn1)C(=O)Cl.O=C(O)Cl. The number of halogens is 2. The molecule has 140 valence electrons. The van der Waals surface area contributed by atoms with E-state index >= 15 is 0 Å². The first-order chi connectivity index (χ1) is 11.8. The molecule has 1 rings (SSSR count). The van der Waals surface area contributed by atoms with Gasteiger partial charge in [-0.05, 0) is 34.9 Å². The molecule has 1 N–H and O–H groups in total. The van der Waals surface area contributed by atoms with Crippen LogP contribution in [-0.4, -0.2) is 49.6 Å². The van der Waals surface area contributed by atoms with Gasteiger partial charge in [-0.2, -0.15) is 0 Å². The van der Waals surface area contributed by atoms with E-state index in [1.807, 2.05) is 0 Å². The number of carboxylic acid groups (broad SMARTS) is 1. The molecule has 12 heteroatoms. The molecule has 0 saturated heterocycles. The van der Waals surface area contributed by atoms with Crippen LogP contribution in [0.1, 0.15) is 19.8 Å². The van der Waals surface area contributed by atoms with E-state index in [1.165, 1.54) is 33.9 Å². The lowest BCUT2D eigenvalue weighted by Gasteiger charge is -2.18. The summed E-state index contributed by atoms with van der Waals surface area (Å²) in [5, 5.41) is 18.0. The van der Waals surface area contributed by atoms with Gasteiger partial charge in [-0.25, -0.2) is 9.78 Å². The van der Waals surface area contributed by atoms with Crippen LogP contribution in [0.25, 0.3) is 0 Å². The van der Waals surface area contributed by atoms with E-state index in [-0.39, 0.29) is 5.69 Å². The molecule has 0 aliphatic heterocycles. The van der Waals surface area contributed by atoms with Crippen molar-refractivity contribution in [3.63, 3.8) is 0 Å². The smallest absolute Gasteiger partial charge is 0.401 e. The van der Waals surface area contributed by atoms with Crippen LogP contribution in [0.3, 0.4) is 0 Å². The molecule has 8 nitrogen and oxygen atoms in total. The van der Waals surface area contributed by atoms with Gasteiger partial charge in [0.2, 0.25) is 0 Å². The summed E-state index contributed by atoms with van der Waals surface area (Å²) in [5.41, 5.74) is -1.39. The first-order valence-electron chi connectivity index (χ1n) is 7.00. The van der Waals surface area contributed by atoms with Gasteiger partial charge >= 0.3 is 10.8 Å². The molecule has 0 aliphatic carbocycles. The van der Waals surface area contributed by atoms with E-state index in [0.29, 0.717) is 23.9 Å². The quantitative estimate of drug-likeness (QED) is 0.144. The summed E-state index contributed by atoms with van der Waals surface area (Å²) in [6.45, 7) is 3.30. The van der Waals surface area contributed by atoms with E-state index in [4.69, 9.17) is 21.5 Å². The summed E-state index contributed by atoms with van der Waals surface area (Å²) in [6.07, 6.45) is 3.17. The predicted octanol–water partition coefficient (Wildman–Crippen LogP) is 5.09. The zero-order valence-corrected chi connectivity index (χ0v) is 16.4. The summed E-state index contributed by atoms with van der Waals surface area (Å²) in [4.78, 5) is 35.6. The maximum Gasteiger partial charge on any atom is 0.401 e. The van der Waals surface area contributed by atoms with E-state index in [2.05, 4.69) is 23.5 Å². The van der Waals surface area contributed by atoms with E-state index in [0.717, 1.165) is 12.8 Å². The number of rotatable bonds is 9. The third kappa shape index (κ3) is 12.7. The number of pyridine rings is 1. The summed E-state index contributed by atoms with van der Waals surface area (Å²) in [5.74, 6) is 0.714. The Labute approximate surface area is 162 Å². The topological polar surface area (TPSA) is 114 Å². The fourth-order valence-electron chi connectivity index (χ4n) is 1.42. The van der Waals surface area contributed by atoms with Crippen molar-refractivity contribution < 1.29 is 19.6 Å². The van der Waals surface area contributed by atoms with Crippen LogP contribution >= 0.6 is 44.8 Å². The van der Waals surface area contributed by atoms with Crippen LogP contribution < -0.4 is 0 Å². The zero-order chi connectivity index (χ0) is 19.2. The number of carbonyl (C=O) groups excluding carboxylic acids is 1. The molecular weight excluding hydrogens is 413 g/mol. The molecular formula is C13H17Cl2N3O5S2. The van der Waals surface area contributed by atoms with Crippen LogP contribution in [0.2, 0.25) is 0 Å². The largest absolute Gasteiger partial charge is 0.469 e. The van der Waals surface area contributed by atoms with Crippen molar-refractivity contribution in [1.29, 1.82) is 0 Å². The van der Waals surface area contributed by atoms with Crippen molar-refractivity contribution in [2.45, 2.75) is 24.8 Å². The van der Waals surface area contributed by atoms with Gasteiger partial charge in [-0.1, -0.05) is 24.1 Å². The van der Waals surface area contributed by atoms with E-state index in [9.17, 15) is 14.9 Å². The van der Waals surface area contributed by atoms with Gasteiger partial charge in [-0.3, -0.25) is 14.9 Å². The minimum Gasteiger partial charge on any atom is -0.469 e. The first-order valence-corrected chi connectivity index (χ1v) is 10.1. The second-order valence-corrected chi connectivity index (χ2v) is 7.45. The number of unbranched alkanes of at least 4 members (excludes halogenated alkanes) is 1. The Morgan fingerprint density at radius 1 is 1.36 bits per heavy atom. The Bertz CT molecular complexity index is 559. The van der Waals surface area contributed by atoms with Gasteiger partial charge in [0.05, 0.1) is 4.92 Å². The number of hydrogen-bond donors (Lipinski definition) is 1. The highest BCUT2D eigenvalue weighted by molar-refractivity contribution is 8.76. The number of hydrogen-bond acceptors (Lipinski definition) is 7. The van der Waals surface area contributed by atoms with Gasteiger partial charge in [-0.15, -0.1) is 0 Å². The van der Waals surface area contributed by atoms with Crippen LogP contribution in [0, 0.1) is 10.1 Å². The predicted molar refractivity (Wildman–Crippen MR) is 101 cm³/mol. The van der Waals surface area contributed by atoms with Gasteiger partial charge in [0.25, 0.3) is 5.69 Å². The Hall–Kier alpha value is -1.23. The summed E-state index contributed by atoms with van der Waals surface area (Å²) in [7, 11) is 2.95. The van der Waals surface area contributed by atoms with Crippen molar-refractivity contribution in [2.75, 3.05) is 18.8 Å². The molecule has 0 aliphatic rings. The molecule has 0 aromatic carbocycles. The molecule has 1 aromatic heterocycles. The monoisotopic (exact) mass is 429 g/mol. The summed E-state index contributed by atoms with van der Waals surface area (Å²) in [6, 6.07) is 3.03. The molecule has 0 spiro atoms. The Morgan fingerprint density at radius 2 is 2.00 bits per heavy atom. The average molecular weight is 430 g/mol. The van der Waals surface area contributed by atoms with Crippen molar-refractivity contribution in [3.05, 3.63) is 28.4 Å². The average Bonchev–Trinajstić information content (AvgIpc) is 2.53. The Balaban J connectivity index is 0.00000129. The first kappa shape index (κ1) is 23.8. The Morgan fingerprint density at radius 3 is 2.44 bits per heavy atom. The summed E-state index contributed by atoms with van der Waals surface area (Å²) < 4.78 is 0. The molecule has 0 saturated carbocycles. The number of nitro groups is 1. The van der Waals surface area contributed by atoms with Gasteiger partial charge in [0.15, 0.2) is 0 Å². The lowest BCUT2D eigenvalue weighted by molar-refractivity contribution is -0.385. The lowest BCUT2D eigenvalue weighted by atomic mass is 10.3. The molecule has 1 heterocycles. The third-order valence-electron chi connectivity index (χ3n) is 2.55. The van der Waals surface area contributed by atoms with Crippen LogP contribution in [-0.2, 0) is 0 Å². The Kier molecular flexibility index (Phi) is 13.3. The lowest BCUT2D eigenvalue weighted by Crippen LogP contribution is -2.29. The van der Waals surface area contributed by atoms with Gasteiger partial charge in [0, 0.05) is 36.5 Å². The van der Waals surface area contributed by atoms with Crippen LogP contribution in [0.15, 0.2) is 23.4 Å². The molecule has 0 atom stereocenters. The molecule has 0 unspecified atom stereocenters. The minimum absolute atomic E-state index is 0.0252. The maximum atomic E-state index is 11.2. The van der Waals surface area contributed by atoms with Crippen molar-refractivity contribution in [1.82, 2.24) is 9.88 Å². The van der Waals surface area contributed by atoms with E-state index in [1.54, 1.807) is 11.0 Å². The minimum atomic E-state index is -1.36. The van der Waals surface area contributed by atoms with Gasteiger partial charge in [0.1, 0.15) is 11.2 Å². The van der Waals surface area contributed by atoms with Crippen LogP contribution in [0.5, 0.6) is 0 Å². The van der Waals surface area contributed by atoms with Crippen molar-refractivity contribution in [2.24, 2.45) is 0 Å². The highest BCUT2D eigenvalue weighted by Crippen LogP contribution is 2.30. The number of amides is 1. The van der Waals surface area contributed by atoms with Gasteiger partial charge < -0.3 is 10.0 Å².